The third kappa shape index (κ3) is 6.71. The van der Waals surface area contributed by atoms with Crippen molar-refractivity contribution in [2.24, 2.45) is 11.8 Å². The van der Waals surface area contributed by atoms with Crippen LogP contribution >= 0.6 is 0 Å². The molecule has 0 amide bonds. The Kier molecular flexibility index (Phi) is 11.2. The molecule has 0 aromatic heterocycles. The second kappa shape index (κ2) is 13.5. The van der Waals surface area contributed by atoms with Crippen molar-refractivity contribution >= 4 is 6.48 Å². The Labute approximate surface area is 282 Å². The average Bonchev–Trinajstić information content (AvgIpc) is 3.42. The number of rotatable bonds is 5. The van der Waals surface area contributed by atoms with Crippen molar-refractivity contribution in [1.29, 1.82) is 0 Å². The number of hydrogen-bond acceptors (Lipinski definition) is 0. The summed E-state index contributed by atoms with van der Waals surface area (Å²) in [6.07, 6.45) is 4.79. The Morgan fingerprint density at radius 2 is 1.49 bits per heavy atom. The van der Waals surface area contributed by atoms with Crippen molar-refractivity contribution < 1.29 is 46.1 Å². The molecule has 5 rings (SSSR count). The Hall–Kier alpha value is -1.53. The van der Waals surface area contributed by atoms with Gasteiger partial charge in [0.25, 0.3) is 0 Å². The number of halogens is 2. The largest absolute Gasteiger partial charge is 1.00 e. The van der Waals surface area contributed by atoms with E-state index in [4.69, 9.17) is 0 Å². The van der Waals surface area contributed by atoms with Crippen LogP contribution in [0.3, 0.4) is 0 Å². The van der Waals surface area contributed by atoms with Crippen molar-refractivity contribution in [2.75, 3.05) is 0 Å². The third-order valence-electron chi connectivity index (χ3n) is 9.39. The molecule has 0 radical (unpaired) electrons. The van der Waals surface area contributed by atoms with Crippen molar-refractivity contribution in [3.63, 3.8) is 0 Å². The second-order valence-corrected chi connectivity index (χ2v) is 20.6. The fourth-order valence-electron chi connectivity index (χ4n) is 7.28. The molecule has 0 spiro atoms. The van der Waals surface area contributed by atoms with E-state index >= 15 is 0 Å². The quantitative estimate of drug-likeness (QED) is 0.294. The third-order valence-corrected chi connectivity index (χ3v) is 18.5. The smallest absolute Gasteiger partial charge is 1.00 e. The molecule has 2 aliphatic rings. The van der Waals surface area contributed by atoms with Gasteiger partial charge in [0.1, 0.15) is 0 Å². The topological polar surface area (TPSA) is 0 Å². The van der Waals surface area contributed by atoms with E-state index in [0.29, 0.717) is 11.8 Å². The number of benzene rings is 3. The van der Waals surface area contributed by atoms with Crippen LogP contribution in [-0.2, 0) is 38.5 Å². The van der Waals surface area contributed by atoms with Gasteiger partial charge in [-0.25, -0.2) is 0 Å². The zero-order chi connectivity index (χ0) is 29.9. The van der Waals surface area contributed by atoms with Crippen LogP contribution in [0.1, 0.15) is 110 Å². The van der Waals surface area contributed by atoms with Gasteiger partial charge in [-0.1, -0.05) is 0 Å². The van der Waals surface area contributed by atoms with Gasteiger partial charge in [-0.2, -0.15) is 0 Å². The standard InChI is InChI=1S/C21H25.C10H15.C9H10.2ClH.Zr/c1-20(2,3)16-7-9-18-14(12-16)11-15-13-17(21(4,5)6)8-10-19(15)18;1-7(2)10-6-8(3)5-9(10)4;1-2-6-9-7-4-3-5-8-9;;;/h7-10,12H,11H2,1-6H3;6-8H,1-4H3;3-5,7-8H,2H2,1H3;2*1H;/q;;;;;+2/p-2. The van der Waals surface area contributed by atoms with E-state index in [0.717, 1.165) is 12.8 Å². The molecule has 3 aromatic rings. The molecule has 0 bridgehead atoms. The summed E-state index contributed by atoms with van der Waals surface area (Å²) in [6.45, 7) is 26.4. The maximum absolute atomic E-state index is 2.65. The monoisotopic (exact) mass is 690 g/mol. The summed E-state index contributed by atoms with van der Waals surface area (Å²) < 4.78 is 5.33. The normalized spacial score (nSPS) is 16.3. The van der Waals surface area contributed by atoms with Crippen LogP contribution in [0.5, 0.6) is 0 Å². The second-order valence-electron chi connectivity index (χ2n) is 14.7. The predicted octanol–water partition coefficient (Wildman–Crippen LogP) is 4.24. The average molecular weight is 693 g/mol. The van der Waals surface area contributed by atoms with Crippen molar-refractivity contribution in [2.45, 2.75) is 99.8 Å². The number of allylic oxidation sites excluding steroid dienone is 4. The Bertz CT molecular complexity index is 1590. The van der Waals surface area contributed by atoms with Crippen molar-refractivity contribution in [3.8, 4) is 11.1 Å². The van der Waals surface area contributed by atoms with Gasteiger partial charge in [0.15, 0.2) is 0 Å². The molecule has 3 heteroatoms. The van der Waals surface area contributed by atoms with E-state index in [9.17, 15) is 0 Å². The minimum atomic E-state index is -2.65. The molecule has 3 aromatic carbocycles. The van der Waals surface area contributed by atoms with E-state index in [1.54, 1.807) is 28.8 Å². The van der Waals surface area contributed by atoms with Crippen LogP contribution in [0.2, 0.25) is 0 Å². The Morgan fingerprint density at radius 1 is 0.860 bits per heavy atom. The number of fused-ring (bicyclic) bond motifs is 3. The van der Waals surface area contributed by atoms with E-state index < -0.39 is 21.3 Å². The first-order valence-corrected chi connectivity index (χ1v) is 19.4. The van der Waals surface area contributed by atoms with E-state index in [1.807, 2.05) is 3.28 Å². The molecular weight excluding hydrogens is 643 g/mol. The minimum absolute atomic E-state index is 0. The summed E-state index contributed by atoms with van der Waals surface area (Å²) in [5.74, 6) is 1.07. The zero-order valence-electron chi connectivity index (χ0n) is 28.2. The molecule has 0 saturated heterocycles. The summed E-state index contributed by atoms with van der Waals surface area (Å²) in [6, 6.07) is 23.7. The molecule has 0 fully saturated rings. The van der Waals surface area contributed by atoms with Crippen LogP contribution in [-0.4, -0.2) is 3.21 Å². The predicted molar refractivity (Wildman–Crippen MR) is 177 cm³/mol. The zero-order valence-corrected chi connectivity index (χ0v) is 32.1. The molecule has 0 saturated carbocycles. The molecule has 228 valence electrons. The van der Waals surface area contributed by atoms with Gasteiger partial charge < -0.3 is 24.8 Å². The molecule has 1 unspecified atom stereocenters. The Morgan fingerprint density at radius 3 is 2.02 bits per heavy atom. The van der Waals surface area contributed by atoms with Gasteiger partial charge >= 0.3 is 260 Å². The molecular formula is C40H50Cl2Zr. The molecule has 0 nitrogen and oxygen atoms in total. The van der Waals surface area contributed by atoms with Gasteiger partial charge in [0.2, 0.25) is 0 Å². The SMILES string of the molecule is CC/[C](c1ccccc1)=[Zr+2](\[C]1=C(C)C(C(C)C)=CC1C)[c]1c(C(C)(C)C)ccc2c1Cc1cc(C(C)(C)C)ccc1-2.[Cl-].[Cl-]. The van der Waals surface area contributed by atoms with Gasteiger partial charge in [-0.15, -0.1) is 0 Å². The molecule has 0 N–H and O–H groups in total. The summed E-state index contributed by atoms with van der Waals surface area (Å²) >= 11 is -2.65. The first-order chi connectivity index (χ1) is 19.2. The van der Waals surface area contributed by atoms with Gasteiger partial charge in [0, 0.05) is 0 Å². The van der Waals surface area contributed by atoms with E-state index in [-0.39, 0.29) is 35.6 Å². The Balaban J connectivity index is 0.00000253. The van der Waals surface area contributed by atoms with E-state index in [2.05, 4.69) is 143 Å². The summed E-state index contributed by atoms with van der Waals surface area (Å²) in [5, 5.41) is 0. The minimum Gasteiger partial charge on any atom is -1.00 e. The molecule has 0 heterocycles. The maximum Gasteiger partial charge on any atom is -1.00 e. The van der Waals surface area contributed by atoms with Crippen LogP contribution in [0.15, 0.2) is 81.2 Å². The fraction of sp³-hybridized carbons (Fsp3) is 0.425. The van der Waals surface area contributed by atoms with Gasteiger partial charge in [0.05, 0.1) is 0 Å². The van der Waals surface area contributed by atoms with Crippen LogP contribution < -0.4 is 28.1 Å². The van der Waals surface area contributed by atoms with Crippen LogP contribution in [0.4, 0.5) is 0 Å². The van der Waals surface area contributed by atoms with Gasteiger partial charge in [-0.05, 0) is 0 Å². The summed E-state index contributed by atoms with van der Waals surface area (Å²) in [7, 11) is 0. The molecule has 2 aliphatic carbocycles. The summed E-state index contributed by atoms with van der Waals surface area (Å²) in [5.41, 5.74) is 14.0. The van der Waals surface area contributed by atoms with Gasteiger partial charge in [-0.3, -0.25) is 0 Å². The van der Waals surface area contributed by atoms with Crippen molar-refractivity contribution in [3.05, 3.63) is 109 Å². The van der Waals surface area contributed by atoms with Crippen LogP contribution in [0, 0.1) is 11.8 Å². The van der Waals surface area contributed by atoms with Crippen molar-refractivity contribution in [1.82, 2.24) is 0 Å². The first kappa shape index (κ1) is 35.9. The molecule has 1 atom stereocenters. The number of hydrogen-bond donors (Lipinski definition) is 0. The molecule has 0 aliphatic heterocycles. The molecule has 43 heavy (non-hydrogen) atoms. The van der Waals surface area contributed by atoms with E-state index in [1.165, 1.54) is 27.8 Å². The first-order valence-electron chi connectivity index (χ1n) is 15.8. The summed E-state index contributed by atoms with van der Waals surface area (Å²) in [4.78, 5) is 0. The van der Waals surface area contributed by atoms with Crippen LogP contribution in [0.25, 0.3) is 11.1 Å². The fourth-order valence-corrected chi connectivity index (χ4v) is 17.2. The maximum atomic E-state index is 2.61.